The van der Waals surface area contributed by atoms with Gasteiger partial charge in [0.2, 0.25) is 0 Å². The summed E-state index contributed by atoms with van der Waals surface area (Å²) in [6.45, 7) is 0. The third-order valence-corrected chi connectivity index (χ3v) is 2.22. The quantitative estimate of drug-likeness (QED) is 0.908. The molecule has 0 aliphatic rings. The van der Waals surface area contributed by atoms with Crippen LogP contribution in [-0.2, 0) is 0 Å². The van der Waals surface area contributed by atoms with E-state index >= 15 is 0 Å². The van der Waals surface area contributed by atoms with Gasteiger partial charge in [-0.15, -0.1) is 0 Å². The molecule has 0 unspecified atom stereocenters. The molecule has 5 heteroatoms. The molecule has 0 bridgehead atoms. The van der Waals surface area contributed by atoms with Gasteiger partial charge in [-0.05, 0) is 24.3 Å². The number of rotatable bonds is 2. The first-order valence-electron chi connectivity index (χ1n) is 4.22. The van der Waals surface area contributed by atoms with Gasteiger partial charge in [-0.25, -0.2) is 4.79 Å². The second kappa shape index (κ2) is 4.27. The van der Waals surface area contributed by atoms with E-state index < -0.39 is 5.69 Å². The van der Waals surface area contributed by atoms with Gasteiger partial charge in [-0.2, -0.15) is 4.98 Å². The summed E-state index contributed by atoms with van der Waals surface area (Å²) in [6, 6.07) is 7.37. The fourth-order valence-corrected chi connectivity index (χ4v) is 1.29. The number of halogens is 1. The second-order valence-corrected chi connectivity index (χ2v) is 3.73. The number of aromatic amines is 1. The van der Waals surface area contributed by atoms with Crippen LogP contribution in [0.3, 0.4) is 0 Å². The summed E-state index contributed by atoms with van der Waals surface area (Å²) < 4.78 is 6.42. The number of H-pyrrole nitrogens is 1. The fraction of sp³-hybridized carbons (Fsp3) is 0. The summed E-state index contributed by atoms with van der Waals surface area (Å²) in [4.78, 5) is 16.7. The van der Waals surface area contributed by atoms with Crippen LogP contribution in [0.5, 0.6) is 11.5 Å². The predicted molar refractivity (Wildman–Crippen MR) is 59.1 cm³/mol. The average Bonchev–Trinajstić information content (AvgIpc) is 2.25. The smallest absolute Gasteiger partial charge is 0.345 e. The topological polar surface area (TPSA) is 55.0 Å². The highest BCUT2D eigenvalue weighted by Crippen LogP contribution is 2.21. The first kappa shape index (κ1) is 9.92. The van der Waals surface area contributed by atoms with Crippen molar-refractivity contribution >= 4 is 15.9 Å². The Balaban J connectivity index is 2.18. The third-order valence-electron chi connectivity index (χ3n) is 1.70. The molecule has 1 heterocycles. The molecule has 0 amide bonds. The average molecular weight is 267 g/mol. The van der Waals surface area contributed by atoms with E-state index in [2.05, 4.69) is 25.9 Å². The minimum absolute atomic E-state index is 0.391. The SMILES string of the molecule is O=c1ncc(Oc2ccc(Br)cc2)c[nH]1. The summed E-state index contributed by atoms with van der Waals surface area (Å²) in [6.07, 6.45) is 2.85. The van der Waals surface area contributed by atoms with Crippen LogP contribution in [-0.4, -0.2) is 9.97 Å². The molecular formula is C10H7BrN2O2. The molecule has 0 fully saturated rings. The summed E-state index contributed by atoms with van der Waals surface area (Å²) in [7, 11) is 0. The molecule has 15 heavy (non-hydrogen) atoms. The van der Waals surface area contributed by atoms with Crippen molar-refractivity contribution in [2.24, 2.45) is 0 Å². The molecule has 0 radical (unpaired) electrons. The number of hydrogen-bond donors (Lipinski definition) is 1. The van der Waals surface area contributed by atoms with Crippen molar-refractivity contribution in [3.63, 3.8) is 0 Å². The van der Waals surface area contributed by atoms with Crippen molar-refractivity contribution < 1.29 is 4.74 Å². The monoisotopic (exact) mass is 266 g/mol. The molecule has 2 rings (SSSR count). The lowest BCUT2D eigenvalue weighted by molar-refractivity contribution is 0.476. The number of ether oxygens (including phenoxy) is 1. The number of benzene rings is 1. The Labute approximate surface area is 94.1 Å². The van der Waals surface area contributed by atoms with E-state index in [9.17, 15) is 4.79 Å². The Morgan fingerprint density at radius 1 is 1.20 bits per heavy atom. The summed E-state index contributed by atoms with van der Waals surface area (Å²) in [5, 5.41) is 0. The fourth-order valence-electron chi connectivity index (χ4n) is 1.02. The van der Waals surface area contributed by atoms with Gasteiger partial charge in [0.15, 0.2) is 5.75 Å². The molecule has 0 saturated heterocycles. The number of nitrogens with one attached hydrogen (secondary N) is 1. The molecule has 76 valence electrons. The van der Waals surface area contributed by atoms with E-state index in [0.29, 0.717) is 11.5 Å². The zero-order chi connectivity index (χ0) is 10.7. The van der Waals surface area contributed by atoms with Gasteiger partial charge < -0.3 is 9.72 Å². The zero-order valence-corrected chi connectivity index (χ0v) is 9.19. The molecule has 0 aliphatic carbocycles. The van der Waals surface area contributed by atoms with Crippen LogP contribution in [0.1, 0.15) is 0 Å². The summed E-state index contributed by atoms with van der Waals surface area (Å²) in [5.41, 5.74) is -0.391. The normalized spacial score (nSPS) is 9.93. The van der Waals surface area contributed by atoms with Crippen LogP contribution in [0.15, 0.2) is 45.9 Å². The largest absolute Gasteiger partial charge is 0.454 e. The lowest BCUT2D eigenvalue weighted by Gasteiger charge is -2.03. The number of aromatic nitrogens is 2. The Morgan fingerprint density at radius 3 is 2.53 bits per heavy atom. The maximum Gasteiger partial charge on any atom is 0.345 e. The minimum Gasteiger partial charge on any atom is -0.454 e. The van der Waals surface area contributed by atoms with Crippen molar-refractivity contribution in [3.05, 3.63) is 51.6 Å². The van der Waals surface area contributed by atoms with Gasteiger partial charge in [0.25, 0.3) is 0 Å². The van der Waals surface area contributed by atoms with Gasteiger partial charge in [-0.1, -0.05) is 15.9 Å². The van der Waals surface area contributed by atoms with E-state index in [1.807, 2.05) is 24.3 Å². The van der Waals surface area contributed by atoms with Crippen LogP contribution in [0.2, 0.25) is 0 Å². The van der Waals surface area contributed by atoms with E-state index in [1.165, 1.54) is 12.4 Å². The molecule has 1 N–H and O–H groups in total. The van der Waals surface area contributed by atoms with E-state index in [1.54, 1.807) is 0 Å². The van der Waals surface area contributed by atoms with Crippen molar-refractivity contribution in [1.82, 2.24) is 9.97 Å². The van der Waals surface area contributed by atoms with E-state index in [0.717, 1.165) is 4.47 Å². The Bertz CT molecular complexity index is 487. The molecule has 1 aromatic heterocycles. The van der Waals surface area contributed by atoms with E-state index in [4.69, 9.17) is 4.74 Å². The highest BCUT2D eigenvalue weighted by Gasteiger charge is 1.97. The van der Waals surface area contributed by atoms with Gasteiger partial charge in [0, 0.05) is 4.47 Å². The van der Waals surface area contributed by atoms with Crippen molar-refractivity contribution in [3.8, 4) is 11.5 Å². The summed E-state index contributed by atoms with van der Waals surface area (Å²) >= 11 is 3.33. The van der Waals surface area contributed by atoms with Gasteiger partial charge >= 0.3 is 5.69 Å². The van der Waals surface area contributed by atoms with Gasteiger partial charge in [-0.3, -0.25) is 0 Å². The predicted octanol–water partition coefficient (Wildman–Crippen LogP) is 2.32. The number of hydrogen-bond acceptors (Lipinski definition) is 3. The first-order chi connectivity index (χ1) is 7.24. The summed E-state index contributed by atoms with van der Waals surface area (Å²) in [5.74, 6) is 1.18. The van der Waals surface area contributed by atoms with Crippen molar-refractivity contribution in [1.29, 1.82) is 0 Å². The van der Waals surface area contributed by atoms with Gasteiger partial charge in [0.1, 0.15) is 5.75 Å². The lowest BCUT2D eigenvalue weighted by Crippen LogP contribution is -2.07. The minimum atomic E-state index is -0.391. The van der Waals surface area contributed by atoms with Crippen molar-refractivity contribution in [2.75, 3.05) is 0 Å². The molecule has 0 saturated carbocycles. The Hall–Kier alpha value is -1.62. The highest BCUT2D eigenvalue weighted by atomic mass is 79.9. The van der Waals surface area contributed by atoms with Crippen LogP contribution >= 0.6 is 15.9 Å². The van der Waals surface area contributed by atoms with Crippen LogP contribution in [0, 0.1) is 0 Å². The van der Waals surface area contributed by atoms with Crippen LogP contribution in [0.4, 0.5) is 0 Å². The number of nitrogens with zero attached hydrogens (tertiary/aromatic N) is 1. The lowest BCUT2D eigenvalue weighted by atomic mass is 10.3. The third kappa shape index (κ3) is 2.66. The maximum atomic E-state index is 10.7. The molecule has 2 aromatic rings. The Kier molecular flexibility index (Phi) is 2.82. The van der Waals surface area contributed by atoms with Crippen LogP contribution < -0.4 is 10.4 Å². The maximum absolute atomic E-state index is 10.7. The zero-order valence-electron chi connectivity index (χ0n) is 7.61. The van der Waals surface area contributed by atoms with Gasteiger partial charge in [0.05, 0.1) is 12.4 Å². The van der Waals surface area contributed by atoms with Crippen molar-refractivity contribution in [2.45, 2.75) is 0 Å². The Morgan fingerprint density at radius 2 is 1.93 bits per heavy atom. The molecule has 0 aliphatic heterocycles. The van der Waals surface area contributed by atoms with Crippen LogP contribution in [0.25, 0.3) is 0 Å². The molecule has 4 nitrogen and oxygen atoms in total. The second-order valence-electron chi connectivity index (χ2n) is 2.81. The standard InChI is InChI=1S/C10H7BrN2O2/c11-7-1-3-8(4-2-7)15-9-5-12-10(14)13-6-9/h1-6H,(H,12,13,14). The first-order valence-corrected chi connectivity index (χ1v) is 5.01. The molecule has 1 aromatic carbocycles. The van der Waals surface area contributed by atoms with E-state index in [-0.39, 0.29) is 0 Å². The highest BCUT2D eigenvalue weighted by molar-refractivity contribution is 9.10. The molecule has 0 atom stereocenters. The molecule has 0 spiro atoms. The molecular weight excluding hydrogens is 260 g/mol.